The number of hydrogen-bond acceptors (Lipinski definition) is 4. The molecule has 1 aliphatic heterocycles. The molecule has 0 bridgehead atoms. The standard InChI is InChI=1S/C22H23IN4O2S/c1-12-18(19(23)13(2)25-12)21-20(15-7-5-6-10-24-15)26-22(30)27(21)16-9-8-14(28-3)11-17(16)29-4/h5-11,20-21,25H,1-4H3,(H,26,30)/t20-,21-/m0/s1. The van der Waals surface area contributed by atoms with Crippen molar-refractivity contribution in [2.24, 2.45) is 0 Å². The number of nitrogens with one attached hydrogen (secondary N) is 2. The van der Waals surface area contributed by atoms with Crippen LogP contribution < -0.4 is 19.7 Å². The molecular formula is C22H23IN4O2S. The van der Waals surface area contributed by atoms with Gasteiger partial charge in [0.1, 0.15) is 11.5 Å². The Hall–Kier alpha value is -2.33. The first-order valence-corrected chi connectivity index (χ1v) is 11.0. The second-order valence-corrected chi connectivity index (χ2v) is 8.60. The topological polar surface area (TPSA) is 62.4 Å². The number of methoxy groups -OCH3 is 2. The number of aromatic amines is 1. The van der Waals surface area contributed by atoms with Crippen LogP contribution in [-0.4, -0.2) is 29.3 Å². The van der Waals surface area contributed by atoms with Gasteiger partial charge in [-0.05, 0) is 72.9 Å². The van der Waals surface area contributed by atoms with Crippen LogP contribution in [-0.2, 0) is 0 Å². The van der Waals surface area contributed by atoms with E-state index in [1.807, 2.05) is 42.6 Å². The maximum absolute atomic E-state index is 5.83. The van der Waals surface area contributed by atoms with Crippen LogP contribution in [0.3, 0.4) is 0 Å². The fourth-order valence-corrected chi connectivity index (χ4v) is 5.21. The molecule has 0 saturated carbocycles. The maximum Gasteiger partial charge on any atom is 0.174 e. The monoisotopic (exact) mass is 534 g/mol. The van der Waals surface area contributed by atoms with E-state index in [2.05, 4.69) is 56.6 Å². The number of thiocarbonyl (C=S) groups is 1. The molecule has 3 heterocycles. The minimum absolute atomic E-state index is 0.0912. The summed E-state index contributed by atoms with van der Waals surface area (Å²) in [6, 6.07) is 11.5. The third kappa shape index (κ3) is 3.51. The van der Waals surface area contributed by atoms with Crippen molar-refractivity contribution in [3.63, 3.8) is 0 Å². The van der Waals surface area contributed by atoms with Crippen LogP contribution in [0.25, 0.3) is 0 Å². The van der Waals surface area contributed by atoms with E-state index in [0.717, 1.165) is 28.5 Å². The smallest absolute Gasteiger partial charge is 0.174 e. The number of rotatable bonds is 5. The van der Waals surface area contributed by atoms with Crippen LogP contribution >= 0.6 is 34.8 Å². The predicted molar refractivity (Wildman–Crippen MR) is 130 cm³/mol. The first kappa shape index (κ1) is 20.9. The Morgan fingerprint density at radius 3 is 2.50 bits per heavy atom. The number of nitrogens with zero attached hydrogens (tertiary/aromatic N) is 2. The number of aromatic nitrogens is 2. The largest absolute Gasteiger partial charge is 0.497 e. The highest BCUT2D eigenvalue weighted by atomic mass is 127. The fraction of sp³-hybridized carbons (Fsp3) is 0.273. The number of benzene rings is 1. The summed E-state index contributed by atoms with van der Waals surface area (Å²) in [4.78, 5) is 10.2. The number of ether oxygens (including phenoxy) is 2. The van der Waals surface area contributed by atoms with Gasteiger partial charge in [-0.3, -0.25) is 4.98 Å². The quantitative estimate of drug-likeness (QED) is 0.362. The van der Waals surface area contributed by atoms with Gasteiger partial charge in [0.25, 0.3) is 0 Å². The number of H-pyrrole nitrogens is 1. The molecule has 0 spiro atoms. The molecule has 2 N–H and O–H groups in total. The Kier molecular flexibility index (Phi) is 5.88. The van der Waals surface area contributed by atoms with Gasteiger partial charge in [0.2, 0.25) is 0 Å². The van der Waals surface area contributed by atoms with Gasteiger partial charge in [0.15, 0.2) is 5.11 Å². The molecule has 0 radical (unpaired) electrons. The van der Waals surface area contributed by atoms with Crippen LogP contribution in [0.5, 0.6) is 11.5 Å². The molecule has 2 aromatic heterocycles. The summed E-state index contributed by atoms with van der Waals surface area (Å²) >= 11 is 8.24. The maximum atomic E-state index is 5.83. The second kappa shape index (κ2) is 8.43. The first-order chi connectivity index (χ1) is 14.5. The van der Waals surface area contributed by atoms with E-state index < -0.39 is 0 Å². The van der Waals surface area contributed by atoms with Crippen LogP contribution in [0, 0.1) is 17.4 Å². The third-order valence-electron chi connectivity index (χ3n) is 5.39. The molecule has 1 saturated heterocycles. The van der Waals surface area contributed by atoms with Crippen LogP contribution in [0.15, 0.2) is 42.6 Å². The molecule has 4 rings (SSSR count). The van der Waals surface area contributed by atoms with E-state index >= 15 is 0 Å². The molecule has 1 aromatic carbocycles. The molecule has 3 aromatic rings. The van der Waals surface area contributed by atoms with Crippen molar-refractivity contribution < 1.29 is 9.47 Å². The van der Waals surface area contributed by atoms with Gasteiger partial charge in [-0.15, -0.1) is 0 Å². The van der Waals surface area contributed by atoms with Crippen molar-refractivity contribution in [3.8, 4) is 11.5 Å². The average molecular weight is 534 g/mol. The van der Waals surface area contributed by atoms with Crippen LogP contribution in [0.1, 0.15) is 34.7 Å². The Morgan fingerprint density at radius 1 is 1.10 bits per heavy atom. The van der Waals surface area contributed by atoms with Crippen molar-refractivity contribution in [3.05, 3.63) is 68.8 Å². The molecular weight excluding hydrogens is 511 g/mol. The summed E-state index contributed by atoms with van der Waals surface area (Å²) in [5, 5.41) is 4.13. The summed E-state index contributed by atoms with van der Waals surface area (Å²) < 4.78 is 12.3. The van der Waals surface area contributed by atoms with Gasteiger partial charge in [0.05, 0.1) is 37.7 Å². The van der Waals surface area contributed by atoms with Gasteiger partial charge >= 0.3 is 0 Å². The lowest BCUT2D eigenvalue weighted by Crippen LogP contribution is -2.30. The zero-order chi connectivity index (χ0) is 21.4. The van der Waals surface area contributed by atoms with Gasteiger partial charge < -0.3 is 24.7 Å². The van der Waals surface area contributed by atoms with E-state index in [-0.39, 0.29) is 12.1 Å². The second-order valence-electron chi connectivity index (χ2n) is 7.14. The van der Waals surface area contributed by atoms with E-state index in [1.165, 1.54) is 9.13 Å². The highest BCUT2D eigenvalue weighted by molar-refractivity contribution is 14.1. The predicted octanol–water partition coefficient (Wildman–Crippen LogP) is 4.83. The van der Waals surface area contributed by atoms with Crippen LogP contribution in [0.2, 0.25) is 0 Å². The van der Waals surface area contributed by atoms with Crippen molar-refractivity contribution in [1.82, 2.24) is 15.3 Å². The summed E-state index contributed by atoms with van der Waals surface area (Å²) in [5.41, 5.74) is 5.28. The highest BCUT2D eigenvalue weighted by Gasteiger charge is 2.43. The third-order valence-corrected chi connectivity index (χ3v) is 7.09. The lowest BCUT2D eigenvalue weighted by Gasteiger charge is -2.29. The van der Waals surface area contributed by atoms with E-state index in [0.29, 0.717) is 10.9 Å². The van der Waals surface area contributed by atoms with E-state index in [9.17, 15) is 0 Å². The minimum atomic E-state index is -0.104. The van der Waals surface area contributed by atoms with Crippen molar-refractivity contribution in [2.45, 2.75) is 25.9 Å². The molecule has 0 unspecified atom stereocenters. The summed E-state index contributed by atoms with van der Waals surface area (Å²) in [5.74, 6) is 1.43. The molecule has 1 fully saturated rings. The fourth-order valence-electron chi connectivity index (χ4n) is 4.01. The lowest BCUT2D eigenvalue weighted by molar-refractivity contribution is 0.394. The number of hydrogen-bond donors (Lipinski definition) is 2. The van der Waals surface area contributed by atoms with Crippen LogP contribution in [0.4, 0.5) is 5.69 Å². The molecule has 0 amide bonds. The zero-order valence-electron chi connectivity index (χ0n) is 17.2. The molecule has 8 heteroatoms. The van der Waals surface area contributed by atoms with Gasteiger partial charge in [-0.25, -0.2) is 0 Å². The summed E-state index contributed by atoms with van der Waals surface area (Å²) in [6.45, 7) is 4.19. The average Bonchev–Trinajstić information content (AvgIpc) is 3.22. The molecule has 6 nitrogen and oxygen atoms in total. The number of aryl methyl sites for hydroxylation is 2. The Labute approximate surface area is 195 Å². The number of anilines is 1. The zero-order valence-corrected chi connectivity index (χ0v) is 20.2. The Balaban J connectivity index is 1.92. The summed E-state index contributed by atoms with van der Waals surface area (Å²) in [7, 11) is 3.30. The Bertz CT molecular complexity index is 1090. The van der Waals surface area contributed by atoms with Crippen molar-refractivity contribution in [2.75, 3.05) is 19.1 Å². The highest BCUT2D eigenvalue weighted by Crippen LogP contribution is 2.47. The van der Waals surface area contributed by atoms with Gasteiger partial charge in [0, 0.05) is 32.8 Å². The minimum Gasteiger partial charge on any atom is -0.497 e. The summed E-state index contributed by atoms with van der Waals surface area (Å²) in [6.07, 6.45) is 1.81. The molecule has 2 atom stereocenters. The molecule has 0 aliphatic carbocycles. The molecule has 156 valence electrons. The van der Waals surface area contributed by atoms with E-state index in [1.54, 1.807) is 14.2 Å². The van der Waals surface area contributed by atoms with Gasteiger partial charge in [-0.2, -0.15) is 0 Å². The number of pyridine rings is 1. The Morgan fingerprint density at radius 2 is 1.90 bits per heavy atom. The van der Waals surface area contributed by atoms with Gasteiger partial charge in [-0.1, -0.05) is 6.07 Å². The van der Waals surface area contributed by atoms with Crippen molar-refractivity contribution in [1.29, 1.82) is 0 Å². The molecule has 30 heavy (non-hydrogen) atoms. The SMILES string of the molecule is COc1ccc(N2C(=S)N[C@@H](c3ccccn3)[C@@H]2c2c(C)[nH]c(C)c2I)c(OC)c1. The molecule has 1 aliphatic rings. The van der Waals surface area contributed by atoms with Crippen molar-refractivity contribution >= 4 is 45.6 Å². The first-order valence-electron chi connectivity index (χ1n) is 9.53. The normalized spacial score (nSPS) is 18.4. The van der Waals surface area contributed by atoms with E-state index in [4.69, 9.17) is 21.7 Å². The lowest BCUT2D eigenvalue weighted by atomic mass is 9.96. The number of halogens is 1.